The first-order valence-electron chi connectivity index (χ1n) is 6.03. The van der Waals surface area contributed by atoms with Crippen LogP contribution in [0, 0.1) is 0 Å². The Morgan fingerprint density at radius 2 is 2.18 bits per heavy atom. The molecule has 0 spiro atoms. The van der Waals surface area contributed by atoms with E-state index in [1.807, 2.05) is 0 Å². The minimum atomic E-state index is -0.711. The van der Waals surface area contributed by atoms with Gasteiger partial charge in [-0.25, -0.2) is 0 Å². The molecule has 0 aromatic carbocycles. The van der Waals surface area contributed by atoms with E-state index in [1.54, 1.807) is 6.92 Å². The molecule has 17 heavy (non-hydrogen) atoms. The summed E-state index contributed by atoms with van der Waals surface area (Å²) >= 11 is 0. The first kappa shape index (κ1) is 16.3. The summed E-state index contributed by atoms with van der Waals surface area (Å²) in [5.74, 6) is -0.351. The largest absolute Gasteiger partial charge is 0.465 e. The molecule has 0 bridgehead atoms. The van der Waals surface area contributed by atoms with Crippen LogP contribution in [-0.4, -0.2) is 54.6 Å². The Morgan fingerprint density at radius 3 is 2.76 bits per heavy atom. The van der Waals surface area contributed by atoms with Crippen LogP contribution in [0.25, 0.3) is 0 Å². The maximum absolute atomic E-state index is 11.2. The smallest absolute Gasteiger partial charge is 0.322 e. The molecule has 0 aromatic rings. The standard InChI is InChI=1S/C11H24N2O4/c1-2-17-11(16)10(12)5-3-4-6-13-7-9(15)8-14/h9-10,13-15H,2-8,12H2,1H3. The molecule has 5 N–H and O–H groups in total. The van der Waals surface area contributed by atoms with Crippen molar-refractivity contribution in [1.29, 1.82) is 0 Å². The van der Waals surface area contributed by atoms with Crippen molar-refractivity contribution in [3.63, 3.8) is 0 Å². The third-order valence-corrected chi connectivity index (χ3v) is 2.30. The molecule has 0 fully saturated rings. The number of nitrogens with one attached hydrogen (secondary N) is 1. The number of carbonyl (C=O) groups excluding carboxylic acids is 1. The molecule has 2 atom stereocenters. The van der Waals surface area contributed by atoms with Crippen molar-refractivity contribution >= 4 is 5.97 Å². The number of rotatable bonds is 10. The summed E-state index contributed by atoms with van der Waals surface area (Å²) in [4.78, 5) is 11.2. The summed E-state index contributed by atoms with van der Waals surface area (Å²) in [5, 5.41) is 20.6. The molecule has 0 heterocycles. The lowest BCUT2D eigenvalue weighted by molar-refractivity contribution is -0.144. The number of aliphatic hydroxyl groups excluding tert-OH is 2. The second-order valence-corrected chi connectivity index (χ2v) is 3.89. The molecule has 2 unspecified atom stereocenters. The summed E-state index contributed by atoms with van der Waals surface area (Å²) < 4.78 is 4.79. The van der Waals surface area contributed by atoms with Gasteiger partial charge in [-0.3, -0.25) is 4.79 Å². The van der Waals surface area contributed by atoms with Gasteiger partial charge in [0, 0.05) is 6.54 Å². The fraction of sp³-hybridized carbons (Fsp3) is 0.909. The Kier molecular flexibility index (Phi) is 10.0. The van der Waals surface area contributed by atoms with Crippen molar-refractivity contribution in [2.24, 2.45) is 5.73 Å². The fourth-order valence-electron chi connectivity index (χ4n) is 1.31. The van der Waals surface area contributed by atoms with Crippen LogP contribution in [0.2, 0.25) is 0 Å². The molecular formula is C11H24N2O4. The van der Waals surface area contributed by atoms with E-state index < -0.39 is 12.1 Å². The van der Waals surface area contributed by atoms with Gasteiger partial charge in [0.15, 0.2) is 0 Å². The summed E-state index contributed by atoms with van der Waals surface area (Å²) in [5.41, 5.74) is 5.62. The average molecular weight is 248 g/mol. The van der Waals surface area contributed by atoms with Gasteiger partial charge in [0.2, 0.25) is 0 Å². The highest BCUT2D eigenvalue weighted by Crippen LogP contribution is 2.00. The van der Waals surface area contributed by atoms with E-state index >= 15 is 0 Å². The lowest BCUT2D eigenvalue weighted by Gasteiger charge is -2.11. The third-order valence-electron chi connectivity index (χ3n) is 2.30. The molecule has 0 aliphatic heterocycles. The summed E-state index contributed by atoms with van der Waals surface area (Å²) in [6.07, 6.45) is 1.58. The number of hydrogen-bond acceptors (Lipinski definition) is 6. The molecule has 6 nitrogen and oxygen atoms in total. The SMILES string of the molecule is CCOC(=O)C(N)CCCCNCC(O)CO. The van der Waals surface area contributed by atoms with Crippen LogP contribution in [0.3, 0.4) is 0 Å². The molecule has 0 aliphatic rings. The first-order chi connectivity index (χ1) is 8.11. The minimum absolute atomic E-state index is 0.235. The molecule has 0 aromatic heterocycles. The average Bonchev–Trinajstić information content (AvgIpc) is 2.33. The fourth-order valence-corrected chi connectivity index (χ4v) is 1.31. The predicted octanol–water partition coefficient (Wildman–Crippen LogP) is -1.01. The summed E-state index contributed by atoms with van der Waals surface area (Å²) in [6.45, 7) is 2.97. The Labute approximate surface area is 102 Å². The van der Waals surface area contributed by atoms with E-state index in [0.717, 1.165) is 19.4 Å². The first-order valence-corrected chi connectivity index (χ1v) is 6.03. The van der Waals surface area contributed by atoms with Crippen molar-refractivity contribution < 1.29 is 19.7 Å². The Hall–Kier alpha value is -0.690. The number of esters is 1. The molecule has 0 saturated heterocycles. The van der Waals surface area contributed by atoms with Crippen molar-refractivity contribution in [3.8, 4) is 0 Å². The van der Waals surface area contributed by atoms with Crippen molar-refractivity contribution in [2.45, 2.75) is 38.3 Å². The van der Waals surface area contributed by atoms with E-state index in [0.29, 0.717) is 19.6 Å². The van der Waals surface area contributed by atoms with Gasteiger partial charge in [0.25, 0.3) is 0 Å². The molecule has 0 radical (unpaired) electrons. The molecule has 102 valence electrons. The van der Waals surface area contributed by atoms with E-state index in [-0.39, 0.29) is 12.6 Å². The van der Waals surface area contributed by atoms with Crippen LogP contribution in [0.1, 0.15) is 26.2 Å². The van der Waals surface area contributed by atoms with Gasteiger partial charge < -0.3 is 26.0 Å². The van der Waals surface area contributed by atoms with Crippen LogP contribution >= 0.6 is 0 Å². The van der Waals surface area contributed by atoms with E-state index in [9.17, 15) is 4.79 Å². The second kappa shape index (κ2) is 10.5. The van der Waals surface area contributed by atoms with Crippen LogP contribution in [-0.2, 0) is 9.53 Å². The Balaban J connectivity index is 3.36. The topological polar surface area (TPSA) is 105 Å². The Morgan fingerprint density at radius 1 is 1.47 bits per heavy atom. The number of nitrogens with two attached hydrogens (primary N) is 1. The molecule has 6 heteroatoms. The summed E-state index contributed by atoms with van der Waals surface area (Å²) in [6, 6.07) is -0.544. The highest BCUT2D eigenvalue weighted by atomic mass is 16.5. The predicted molar refractivity (Wildman–Crippen MR) is 64.4 cm³/mol. The maximum Gasteiger partial charge on any atom is 0.322 e. The quantitative estimate of drug-likeness (QED) is 0.292. The lowest BCUT2D eigenvalue weighted by atomic mass is 10.1. The van der Waals surface area contributed by atoms with Crippen molar-refractivity contribution in [1.82, 2.24) is 5.32 Å². The number of unbranched alkanes of at least 4 members (excludes halogenated alkanes) is 1. The van der Waals surface area contributed by atoms with Crippen molar-refractivity contribution in [3.05, 3.63) is 0 Å². The van der Waals surface area contributed by atoms with Crippen LogP contribution < -0.4 is 11.1 Å². The monoisotopic (exact) mass is 248 g/mol. The zero-order chi connectivity index (χ0) is 13.1. The normalized spacial score (nSPS) is 14.4. The van der Waals surface area contributed by atoms with E-state index in [2.05, 4.69) is 5.32 Å². The highest BCUT2D eigenvalue weighted by molar-refractivity contribution is 5.75. The maximum atomic E-state index is 11.2. The van der Waals surface area contributed by atoms with Gasteiger partial charge in [-0.1, -0.05) is 6.42 Å². The van der Waals surface area contributed by atoms with Crippen LogP contribution in [0.5, 0.6) is 0 Å². The minimum Gasteiger partial charge on any atom is -0.465 e. The number of hydrogen-bond donors (Lipinski definition) is 4. The van der Waals surface area contributed by atoms with Gasteiger partial charge >= 0.3 is 5.97 Å². The van der Waals surface area contributed by atoms with Gasteiger partial charge in [-0.2, -0.15) is 0 Å². The van der Waals surface area contributed by atoms with Gasteiger partial charge in [-0.15, -0.1) is 0 Å². The third kappa shape index (κ3) is 9.05. The van der Waals surface area contributed by atoms with Gasteiger partial charge in [0.05, 0.1) is 19.3 Å². The molecular weight excluding hydrogens is 224 g/mol. The van der Waals surface area contributed by atoms with Gasteiger partial charge in [0.1, 0.15) is 6.04 Å². The van der Waals surface area contributed by atoms with Crippen LogP contribution in [0.4, 0.5) is 0 Å². The van der Waals surface area contributed by atoms with E-state index in [1.165, 1.54) is 0 Å². The number of aliphatic hydroxyl groups is 2. The zero-order valence-corrected chi connectivity index (χ0v) is 10.4. The van der Waals surface area contributed by atoms with Crippen LogP contribution in [0.15, 0.2) is 0 Å². The zero-order valence-electron chi connectivity index (χ0n) is 10.4. The molecule has 0 rings (SSSR count). The lowest BCUT2D eigenvalue weighted by Crippen LogP contribution is -2.33. The second-order valence-electron chi connectivity index (χ2n) is 3.89. The molecule has 0 amide bonds. The Bertz CT molecular complexity index is 202. The highest BCUT2D eigenvalue weighted by Gasteiger charge is 2.13. The summed E-state index contributed by atoms with van der Waals surface area (Å²) in [7, 11) is 0. The number of carbonyl (C=O) groups is 1. The van der Waals surface area contributed by atoms with Crippen molar-refractivity contribution in [2.75, 3.05) is 26.3 Å². The van der Waals surface area contributed by atoms with Gasteiger partial charge in [-0.05, 0) is 26.3 Å². The number of ether oxygens (including phenoxy) is 1. The van der Waals surface area contributed by atoms with E-state index in [4.69, 9.17) is 20.7 Å². The molecule has 0 aliphatic carbocycles. The molecule has 0 saturated carbocycles.